The van der Waals surface area contributed by atoms with Crippen LogP contribution in [-0.2, 0) is 0 Å². The van der Waals surface area contributed by atoms with Crippen LogP contribution in [0.1, 0.15) is 0 Å². The van der Waals surface area contributed by atoms with Crippen molar-refractivity contribution in [1.82, 2.24) is 15.0 Å². The molecule has 0 bridgehead atoms. The third kappa shape index (κ3) is 2.59. The van der Waals surface area contributed by atoms with Gasteiger partial charge < -0.3 is 4.74 Å². The molecule has 21 heavy (non-hydrogen) atoms. The van der Waals surface area contributed by atoms with Crippen LogP contribution in [0.4, 0.5) is 5.69 Å². The van der Waals surface area contributed by atoms with Crippen LogP contribution >= 0.6 is 11.6 Å². The second kappa shape index (κ2) is 5.29. The summed E-state index contributed by atoms with van der Waals surface area (Å²) in [5.41, 5.74) is 0.166. The van der Waals surface area contributed by atoms with Crippen LogP contribution in [-0.4, -0.2) is 19.9 Å². The fraction of sp³-hybridized carbons (Fsp3) is 0. The number of nitro groups is 1. The molecule has 3 rings (SSSR count). The minimum absolute atomic E-state index is 0.0526. The van der Waals surface area contributed by atoms with E-state index in [1.54, 1.807) is 12.1 Å². The molecule has 0 saturated heterocycles. The van der Waals surface area contributed by atoms with Crippen molar-refractivity contribution in [3.8, 4) is 11.6 Å². The lowest BCUT2D eigenvalue weighted by Crippen LogP contribution is -1.95. The van der Waals surface area contributed by atoms with Gasteiger partial charge in [-0.05, 0) is 29.8 Å². The molecule has 3 aromatic rings. The molecule has 0 N–H and O–H groups in total. The summed E-state index contributed by atoms with van der Waals surface area (Å²) in [6.07, 6.45) is 2.94. The molecule has 0 fully saturated rings. The standard InChI is InChI=1S/C13H7ClN4O3/c14-13-16-7-5-11(17-13)21-10-4-3-9(18(19)20)12-8(10)2-1-6-15-12/h1-7H. The van der Waals surface area contributed by atoms with E-state index in [9.17, 15) is 10.1 Å². The van der Waals surface area contributed by atoms with Crippen LogP contribution in [0.15, 0.2) is 42.7 Å². The van der Waals surface area contributed by atoms with Crippen molar-refractivity contribution >= 4 is 28.2 Å². The Hall–Kier alpha value is -2.80. The van der Waals surface area contributed by atoms with E-state index in [1.165, 1.54) is 30.6 Å². The summed E-state index contributed by atoms with van der Waals surface area (Å²) < 4.78 is 5.61. The van der Waals surface area contributed by atoms with E-state index >= 15 is 0 Å². The first kappa shape index (κ1) is 13.2. The lowest BCUT2D eigenvalue weighted by molar-refractivity contribution is -0.383. The summed E-state index contributed by atoms with van der Waals surface area (Å²) in [5, 5.41) is 11.6. The van der Waals surface area contributed by atoms with Gasteiger partial charge in [0.25, 0.3) is 5.69 Å². The molecule has 0 aliphatic heterocycles. The lowest BCUT2D eigenvalue weighted by Gasteiger charge is -2.07. The molecule has 8 heteroatoms. The monoisotopic (exact) mass is 302 g/mol. The van der Waals surface area contributed by atoms with Gasteiger partial charge in [0.05, 0.1) is 10.3 Å². The number of aromatic nitrogens is 3. The Kier molecular flexibility index (Phi) is 3.33. The fourth-order valence-electron chi connectivity index (χ4n) is 1.86. The number of fused-ring (bicyclic) bond motifs is 1. The van der Waals surface area contributed by atoms with Gasteiger partial charge in [0.1, 0.15) is 5.75 Å². The molecule has 0 saturated carbocycles. The van der Waals surface area contributed by atoms with Gasteiger partial charge in [-0.3, -0.25) is 10.1 Å². The molecule has 2 aromatic heterocycles. The maximum Gasteiger partial charge on any atom is 0.295 e. The second-order valence-corrected chi connectivity index (χ2v) is 4.34. The Bertz CT molecular complexity index is 841. The zero-order chi connectivity index (χ0) is 14.8. The molecular formula is C13H7ClN4O3. The zero-order valence-electron chi connectivity index (χ0n) is 10.4. The third-order valence-corrected chi connectivity index (χ3v) is 2.90. The summed E-state index contributed by atoms with van der Waals surface area (Å²) in [6.45, 7) is 0. The second-order valence-electron chi connectivity index (χ2n) is 4.01. The maximum atomic E-state index is 11.0. The first-order valence-corrected chi connectivity index (χ1v) is 6.21. The quantitative estimate of drug-likeness (QED) is 0.418. The van der Waals surface area contributed by atoms with Crippen LogP contribution in [0.5, 0.6) is 11.6 Å². The van der Waals surface area contributed by atoms with E-state index in [0.29, 0.717) is 11.1 Å². The largest absolute Gasteiger partial charge is 0.438 e. The molecule has 0 spiro atoms. The van der Waals surface area contributed by atoms with Crippen molar-refractivity contribution in [2.75, 3.05) is 0 Å². The Labute approximate surface area is 123 Å². The van der Waals surface area contributed by atoms with E-state index < -0.39 is 4.92 Å². The topological polar surface area (TPSA) is 91.0 Å². The van der Waals surface area contributed by atoms with Gasteiger partial charge in [-0.15, -0.1) is 0 Å². The van der Waals surface area contributed by atoms with Gasteiger partial charge in [0.2, 0.25) is 11.2 Å². The van der Waals surface area contributed by atoms with Crippen molar-refractivity contribution in [2.24, 2.45) is 0 Å². The highest BCUT2D eigenvalue weighted by molar-refractivity contribution is 6.28. The molecule has 0 radical (unpaired) electrons. The van der Waals surface area contributed by atoms with Gasteiger partial charge in [-0.2, -0.15) is 4.98 Å². The number of hydrogen-bond donors (Lipinski definition) is 0. The molecule has 0 amide bonds. The summed E-state index contributed by atoms with van der Waals surface area (Å²) in [4.78, 5) is 22.2. The van der Waals surface area contributed by atoms with Crippen LogP contribution in [0.3, 0.4) is 0 Å². The van der Waals surface area contributed by atoms with Gasteiger partial charge >= 0.3 is 0 Å². The van der Waals surface area contributed by atoms with Gasteiger partial charge in [0.15, 0.2) is 5.52 Å². The minimum atomic E-state index is -0.485. The smallest absolute Gasteiger partial charge is 0.295 e. The van der Waals surface area contributed by atoms with Crippen LogP contribution in [0, 0.1) is 10.1 Å². The Morgan fingerprint density at radius 3 is 2.76 bits per heavy atom. The zero-order valence-corrected chi connectivity index (χ0v) is 11.2. The van der Waals surface area contributed by atoms with Crippen LogP contribution < -0.4 is 4.74 Å². The van der Waals surface area contributed by atoms with E-state index in [4.69, 9.17) is 16.3 Å². The fourth-order valence-corrected chi connectivity index (χ4v) is 2.00. The van der Waals surface area contributed by atoms with Crippen molar-refractivity contribution in [1.29, 1.82) is 0 Å². The van der Waals surface area contributed by atoms with Crippen molar-refractivity contribution in [2.45, 2.75) is 0 Å². The van der Waals surface area contributed by atoms with Gasteiger partial charge in [-0.1, -0.05) is 0 Å². The van der Waals surface area contributed by atoms with E-state index in [1.807, 2.05) is 0 Å². The number of nitro benzene ring substituents is 1. The minimum Gasteiger partial charge on any atom is -0.438 e. The number of hydrogen-bond acceptors (Lipinski definition) is 6. The predicted molar refractivity (Wildman–Crippen MR) is 75.5 cm³/mol. The summed E-state index contributed by atoms with van der Waals surface area (Å²) in [6, 6.07) is 7.74. The highest BCUT2D eigenvalue weighted by Gasteiger charge is 2.16. The number of non-ortho nitro benzene ring substituents is 1. The lowest BCUT2D eigenvalue weighted by atomic mass is 10.1. The number of pyridine rings is 1. The van der Waals surface area contributed by atoms with Crippen molar-refractivity contribution < 1.29 is 9.66 Å². The molecule has 0 atom stereocenters. The number of benzene rings is 1. The molecule has 104 valence electrons. The third-order valence-electron chi connectivity index (χ3n) is 2.72. The van der Waals surface area contributed by atoms with Gasteiger partial charge in [0, 0.05) is 24.5 Å². The predicted octanol–water partition coefficient (Wildman–Crippen LogP) is 3.38. The number of nitrogens with zero attached hydrogens (tertiary/aromatic N) is 4. The van der Waals surface area contributed by atoms with E-state index in [-0.39, 0.29) is 22.4 Å². The molecule has 0 aliphatic rings. The van der Waals surface area contributed by atoms with E-state index in [0.717, 1.165) is 0 Å². The average Bonchev–Trinajstić information content (AvgIpc) is 2.47. The molecule has 7 nitrogen and oxygen atoms in total. The Balaban J connectivity index is 2.12. The van der Waals surface area contributed by atoms with Crippen molar-refractivity contribution in [3.05, 3.63) is 58.1 Å². The highest BCUT2D eigenvalue weighted by atomic mass is 35.5. The first-order chi connectivity index (χ1) is 10.1. The summed E-state index contributed by atoms with van der Waals surface area (Å²) in [7, 11) is 0. The average molecular weight is 303 g/mol. The van der Waals surface area contributed by atoms with Gasteiger partial charge in [-0.25, -0.2) is 9.97 Å². The number of rotatable bonds is 3. The molecule has 0 unspecified atom stereocenters. The molecular weight excluding hydrogens is 296 g/mol. The maximum absolute atomic E-state index is 11.0. The van der Waals surface area contributed by atoms with E-state index in [2.05, 4.69) is 15.0 Å². The SMILES string of the molecule is O=[N+]([O-])c1ccc(Oc2ccnc(Cl)n2)c2cccnc12. The molecule has 1 aromatic carbocycles. The highest BCUT2D eigenvalue weighted by Crippen LogP contribution is 2.33. The molecule has 2 heterocycles. The summed E-state index contributed by atoms with van der Waals surface area (Å²) >= 11 is 5.69. The molecule has 0 aliphatic carbocycles. The summed E-state index contributed by atoms with van der Waals surface area (Å²) in [5.74, 6) is 0.646. The first-order valence-electron chi connectivity index (χ1n) is 5.83. The number of ether oxygens (including phenoxy) is 1. The van der Waals surface area contributed by atoms with Crippen molar-refractivity contribution in [3.63, 3.8) is 0 Å². The Morgan fingerprint density at radius 2 is 2.00 bits per heavy atom. The number of halogens is 1. The van der Waals surface area contributed by atoms with Crippen LogP contribution in [0.25, 0.3) is 10.9 Å². The Morgan fingerprint density at radius 1 is 1.14 bits per heavy atom. The van der Waals surface area contributed by atoms with Crippen LogP contribution in [0.2, 0.25) is 5.28 Å². The normalized spacial score (nSPS) is 10.5.